The minimum atomic E-state index is -0.302. The van der Waals surface area contributed by atoms with Gasteiger partial charge in [-0.25, -0.2) is 4.39 Å². The third kappa shape index (κ3) is 5.30. The van der Waals surface area contributed by atoms with Gasteiger partial charge in [-0.15, -0.1) is 10.2 Å². The van der Waals surface area contributed by atoms with Crippen LogP contribution in [0.5, 0.6) is 5.75 Å². The highest BCUT2D eigenvalue weighted by molar-refractivity contribution is 7.99. The molecule has 0 saturated heterocycles. The number of nitrogens with one attached hydrogen (secondary N) is 1. The average molecular weight is 455 g/mol. The van der Waals surface area contributed by atoms with Crippen molar-refractivity contribution in [2.24, 2.45) is 5.92 Å². The Morgan fingerprint density at radius 2 is 1.88 bits per heavy atom. The fourth-order valence-corrected chi connectivity index (χ4v) is 5.15. The molecule has 3 aromatic rings. The molecule has 32 heavy (non-hydrogen) atoms. The van der Waals surface area contributed by atoms with Crippen LogP contribution in [-0.4, -0.2) is 33.5 Å². The zero-order chi connectivity index (χ0) is 22.3. The highest BCUT2D eigenvalue weighted by Gasteiger charge is 2.20. The van der Waals surface area contributed by atoms with Crippen molar-refractivity contribution in [1.29, 1.82) is 0 Å². The predicted molar refractivity (Wildman–Crippen MR) is 123 cm³/mol. The lowest BCUT2D eigenvalue weighted by Gasteiger charge is -2.20. The Morgan fingerprint density at radius 3 is 2.62 bits per heavy atom. The maximum atomic E-state index is 13.5. The first-order valence-corrected chi connectivity index (χ1v) is 11.9. The van der Waals surface area contributed by atoms with Gasteiger partial charge in [0.25, 0.3) is 5.91 Å². The second-order valence-corrected chi connectivity index (χ2v) is 8.90. The molecule has 1 N–H and O–H groups in total. The normalized spacial score (nSPS) is 14.3. The molecular formula is C24H27FN4O2S. The number of ether oxygens (including phenoxy) is 1. The topological polar surface area (TPSA) is 69.0 Å². The lowest BCUT2D eigenvalue weighted by molar-refractivity contribution is 0.0946. The number of halogens is 1. The number of hydrogen-bond acceptors (Lipinski definition) is 5. The second kappa shape index (κ2) is 10.6. The Labute approximate surface area is 191 Å². The van der Waals surface area contributed by atoms with Gasteiger partial charge in [-0.1, -0.05) is 43.2 Å². The Hall–Kier alpha value is -2.87. The van der Waals surface area contributed by atoms with E-state index in [0.29, 0.717) is 23.1 Å². The van der Waals surface area contributed by atoms with Crippen LogP contribution >= 0.6 is 11.8 Å². The third-order valence-corrected chi connectivity index (χ3v) is 6.88. The number of carbonyl (C=O) groups excluding carboxylic acids is 1. The number of aromatic nitrogens is 3. The molecule has 0 spiro atoms. The fraction of sp³-hybridized carbons (Fsp3) is 0.375. The lowest BCUT2D eigenvalue weighted by Crippen LogP contribution is -2.25. The van der Waals surface area contributed by atoms with Crippen molar-refractivity contribution >= 4 is 17.7 Å². The zero-order valence-corrected chi connectivity index (χ0v) is 18.9. The molecule has 1 aliphatic carbocycles. The van der Waals surface area contributed by atoms with Gasteiger partial charge in [0.05, 0.1) is 19.2 Å². The zero-order valence-electron chi connectivity index (χ0n) is 18.1. The van der Waals surface area contributed by atoms with Crippen molar-refractivity contribution in [2.75, 3.05) is 12.9 Å². The van der Waals surface area contributed by atoms with Crippen LogP contribution < -0.4 is 10.1 Å². The number of rotatable bonds is 8. The molecule has 1 saturated carbocycles. The van der Waals surface area contributed by atoms with Crippen molar-refractivity contribution in [3.63, 3.8) is 0 Å². The Morgan fingerprint density at radius 1 is 1.12 bits per heavy atom. The summed E-state index contributed by atoms with van der Waals surface area (Å²) in [6, 6.07) is 13.3. The van der Waals surface area contributed by atoms with Crippen molar-refractivity contribution in [3.05, 3.63) is 65.7 Å². The Bertz CT molecular complexity index is 1050. The highest BCUT2D eigenvalue weighted by Crippen LogP contribution is 2.30. The van der Waals surface area contributed by atoms with Gasteiger partial charge in [0.15, 0.2) is 11.0 Å². The Kier molecular flexibility index (Phi) is 7.42. The molecule has 1 fully saturated rings. The van der Waals surface area contributed by atoms with Gasteiger partial charge >= 0.3 is 0 Å². The van der Waals surface area contributed by atoms with Crippen LogP contribution in [0.4, 0.5) is 4.39 Å². The summed E-state index contributed by atoms with van der Waals surface area (Å²) in [5.41, 5.74) is 1.22. The van der Waals surface area contributed by atoms with E-state index in [2.05, 4.69) is 15.5 Å². The first kappa shape index (κ1) is 22.3. The summed E-state index contributed by atoms with van der Waals surface area (Å²) in [5, 5.41) is 12.4. The van der Waals surface area contributed by atoms with E-state index in [1.165, 1.54) is 51.3 Å². The van der Waals surface area contributed by atoms with Gasteiger partial charge in [0.2, 0.25) is 0 Å². The first-order chi connectivity index (χ1) is 15.7. The maximum Gasteiger partial charge on any atom is 0.255 e. The minimum absolute atomic E-state index is 0.186. The van der Waals surface area contributed by atoms with E-state index in [4.69, 9.17) is 4.74 Å². The van der Waals surface area contributed by atoms with E-state index in [0.717, 1.165) is 16.6 Å². The second-order valence-electron chi connectivity index (χ2n) is 7.91. The number of para-hydroxylation sites is 1. The molecule has 0 atom stereocenters. The molecule has 1 aliphatic rings. The van der Waals surface area contributed by atoms with Crippen LogP contribution in [0.1, 0.15) is 48.3 Å². The van der Waals surface area contributed by atoms with Crippen LogP contribution in [0.25, 0.3) is 5.69 Å². The third-order valence-electron chi connectivity index (χ3n) is 5.72. The highest BCUT2D eigenvalue weighted by atomic mass is 32.2. The van der Waals surface area contributed by atoms with E-state index in [1.54, 1.807) is 42.1 Å². The molecule has 2 aromatic carbocycles. The van der Waals surface area contributed by atoms with Gasteiger partial charge in [0.1, 0.15) is 11.6 Å². The number of amides is 1. The van der Waals surface area contributed by atoms with Gasteiger partial charge < -0.3 is 10.1 Å². The number of thioether (sulfide) groups is 1. The van der Waals surface area contributed by atoms with Crippen LogP contribution in [0.3, 0.4) is 0 Å². The van der Waals surface area contributed by atoms with Crippen molar-refractivity contribution < 1.29 is 13.9 Å². The number of hydrogen-bond donors (Lipinski definition) is 1. The minimum Gasteiger partial charge on any atom is -0.496 e. The maximum absolute atomic E-state index is 13.5. The number of nitrogens with zero attached hydrogens (tertiary/aromatic N) is 3. The molecule has 8 heteroatoms. The summed E-state index contributed by atoms with van der Waals surface area (Å²) in [5.74, 6) is 2.20. The summed E-state index contributed by atoms with van der Waals surface area (Å²) in [4.78, 5) is 12.7. The van der Waals surface area contributed by atoms with Gasteiger partial charge in [-0.3, -0.25) is 9.36 Å². The monoisotopic (exact) mass is 454 g/mol. The summed E-state index contributed by atoms with van der Waals surface area (Å²) in [7, 11) is 1.53. The molecule has 0 radical (unpaired) electrons. The summed E-state index contributed by atoms with van der Waals surface area (Å²) < 4.78 is 20.7. The van der Waals surface area contributed by atoms with E-state index in [1.807, 2.05) is 10.6 Å². The first-order valence-electron chi connectivity index (χ1n) is 10.9. The summed E-state index contributed by atoms with van der Waals surface area (Å²) in [6.07, 6.45) is 6.40. The molecule has 168 valence electrons. The molecule has 6 nitrogen and oxygen atoms in total. The average Bonchev–Trinajstić information content (AvgIpc) is 3.25. The number of methoxy groups -OCH3 is 1. The van der Waals surface area contributed by atoms with Crippen molar-refractivity contribution in [1.82, 2.24) is 20.1 Å². The van der Waals surface area contributed by atoms with Crippen LogP contribution in [-0.2, 0) is 6.54 Å². The molecule has 1 heterocycles. The number of benzene rings is 2. The van der Waals surface area contributed by atoms with E-state index < -0.39 is 0 Å². The molecule has 0 bridgehead atoms. The molecule has 0 unspecified atom stereocenters. The summed E-state index contributed by atoms with van der Waals surface area (Å²) in [6.45, 7) is 0.186. The van der Waals surface area contributed by atoms with Gasteiger partial charge in [-0.05, 0) is 55.2 Å². The quantitative estimate of drug-likeness (QED) is 0.484. The van der Waals surface area contributed by atoms with Gasteiger partial charge in [0, 0.05) is 11.4 Å². The molecule has 1 aromatic heterocycles. The molecule has 1 amide bonds. The van der Waals surface area contributed by atoms with E-state index in [-0.39, 0.29) is 18.3 Å². The fourth-order valence-electron chi connectivity index (χ4n) is 3.99. The largest absolute Gasteiger partial charge is 0.496 e. The van der Waals surface area contributed by atoms with Gasteiger partial charge in [-0.2, -0.15) is 0 Å². The standard InChI is InChI=1S/C24H27FN4O2S/c1-31-21-10-6-5-9-20(21)23(30)26-15-22-27-28-24(32-16-17-7-3-2-4-8-17)29(22)19-13-11-18(25)12-14-19/h5-6,9-14,17H,2-4,7-8,15-16H2,1H3,(H,26,30). The predicted octanol–water partition coefficient (Wildman–Crippen LogP) is 5.02. The molecule has 0 aliphatic heterocycles. The summed E-state index contributed by atoms with van der Waals surface area (Å²) >= 11 is 1.67. The van der Waals surface area contributed by atoms with E-state index in [9.17, 15) is 9.18 Å². The number of carbonyl (C=O) groups is 1. The van der Waals surface area contributed by atoms with E-state index >= 15 is 0 Å². The van der Waals surface area contributed by atoms with Crippen LogP contribution in [0, 0.1) is 11.7 Å². The van der Waals surface area contributed by atoms with Crippen molar-refractivity contribution in [3.8, 4) is 11.4 Å². The van der Waals surface area contributed by atoms with Crippen molar-refractivity contribution in [2.45, 2.75) is 43.8 Å². The van der Waals surface area contributed by atoms with Crippen LogP contribution in [0.2, 0.25) is 0 Å². The molecule has 4 rings (SSSR count). The smallest absolute Gasteiger partial charge is 0.255 e. The molecular weight excluding hydrogens is 427 g/mol. The SMILES string of the molecule is COc1ccccc1C(=O)NCc1nnc(SCC2CCCCC2)n1-c1ccc(F)cc1. The Balaban J connectivity index is 1.53. The lowest BCUT2D eigenvalue weighted by atomic mass is 9.91. The van der Waals surface area contributed by atoms with Crippen LogP contribution in [0.15, 0.2) is 53.7 Å².